The van der Waals surface area contributed by atoms with Gasteiger partial charge in [-0.2, -0.15) is 0 Å². The Morgan fingerprint density at radius 3 is 1.91 bits per heavy atom. The molecule has 0 spiro atoms. The molecule has 2 heteroatoms. The number of rotatable bonds is 6. The molecule has 0 aromatic heterocycles. The lowest BCUT2D eigenvalue weighted by Crippen LogP contribution is -2.12. The Balaban J connectivity index is 3.38. The maximum Gasteiger partial charge on any atom is 0.0227 e. The molecule has 0 saturated carbocycles. The van der Waals surface area contributed by atoms with Gasteiger partial charge in [-0.1, -0.05) is 78.3 Å². The van der Waals surface area contributed by atoms with Gasteiger partial charge in [0.05, 0.1) is 0 Å². The van der Waals surface area contributed by atoms with Crippen LogP contribution in [0, 0.1) is 13.8 Å². The van der Waals surface area contributed by atoms with Crippen molar-refractivity contribution in [3.05, 3.63) is 13.8 Å². The van der Waals surface area contributed by atoms with Gasteiger partial charge in [-0.05, 0) is 12.8 Å². The van der Waals surface area contributed by atoms with E-state index in [9.17, 15) is 0 Å². The van der Waals surface area contributed by atoms with Gasteiger partial charge in [0, 0.05) is 7.85 Å². The summed E-state index contributed by atoms with van der Waals surface area (Å²) < 4.78 is 1.62. The average molecular weight is 378 g/mol. The Kier molecular flexibility index (Phi) is 9.15. The predicted molar refractivity (Wildman–Crippen MR) is 69.4 cm³/mol. The zero-order valence-electron chi connectivity index (χ0n) is 6.86. The number of unbranched alkanes of at least 4 members (excludes halogenated alkanes) is 1. The lowest BCUT2D eigenvalue weighted by atomic mass is 10.1. The summed E-state index contributed by atoms with van der Waals surface area (Å²) in [5, 5.41) is 0. The van der Waals surface area contributed by atoms with E-state index in [-0.39, 0.29) is 0 Å². The molecule has 11 heavy (non-hydrogen) atoms. The fourth-order valence-corrected chi connectivity index (χ4v) is 2.50. The summed E-state index contributed by atoms with van der Waals surface area (Å²) in [4.78, 5) is 0. The molecule has 0 amide bonds. The molecule has 0 aliphatic heterocycles. The summed E-state index contributed by atoms with van der Waals surface area (Å²) in [5.74, 6) is 0. The fourth-order valence-electron chi connectivity index (χ4n) is 0.896. The Hall–Kier alpha value is 1.46. The van der Waals surface area contributed by atoms with E-state index in [0.29, 0.717) is 0 Å². The summed E-state index contributed by atoms with van der Waals surface area (Å²) in [7, 11) is 0. The van der Waals surface area contributed by atoms with Gasteiger partial charge in [0.2, 0.25) is 0 Å². The first-order valence-corrected chi connectivity index (χ1v) is 6.58. The van der Waals surface area contributed by atoms with Gasteiger partial charge >= 0.3 is 0 Å². The van der Waals surface area contributed by atoms with Gasteiger partial charge < -0.3 is 0 Å². The van der Waals surface area contributed by atoms with Crippen molar-refractivity contribution in [2.75, 3.05) is 0 Å². The van der Waals surface area contributed by atoms with Crippen LogP contribution in [0.2, 0.25) is 0 Å². The van der Waals surface area contributed by atoms with E-state index in [1.807, 2.05) is 0 Å². The minimum absolute atomic E-state index is 0.803. The second-order valence-electron chi connectivity index (χ2n) is 2.67. The molecule has 2 unspecified atom stereocenters. The van der Waals surface area contributed by atoms with Crippen LogP contribution in [0.15, 0.2) is 0 Å². The van der Waals surface area contributed by atoms with E-state index < -0.39 is 0 Å². The molecule has 0 aromatic rings. The van der Waals surface area contributed by atoms with Crippen molar-refractivity contribution >= 4 is 45.2 Å². The van der Waals surface area contributed by atoms with Gasteiger partial charge in [-0.25, -0.2) is 0 Å². The van der Waals surface area contributed by atoms with E-state index in [0.717, 1.165) is 20.7 Å². The molecule has 0 N–H and O–H groups in total. The van der Waals surface area contributed by atoms with Crippen LogP contribution >= 0.6 is 45.2 Å². The fraction of sp³-hybridized carbons (Fsp3) is 0.778. The second kappa shape index (κ2) is 8.08. The van der Waals surface area contributed by atoms with Crippen molar-refractivity contribution in [1.29, 1.82) is 0 Å². The van der Waals surface area contributed by atoms with Crippen molar-refractivity contribution < 1.29 is 0 Å². The highest BCUT2D eigenvalue weighted by Gasteiger charge is 2.13. The Morgan fingerprint density at radius 2 is 1.45 bits per heavy atom. The molecule has 2 radical (unpaired) electrons. The maximum atomic E-state index is 3.87. The van der Waals surface area contributed by atoms with E-state index in [2.05, 4.69) is 59.0 Å². The molecule has 0 heterocycles. The maximum absolute atomic E-state index is 3.87. The van der Waals surface area contributed by atoms with Crippen LogP contribution in [0.5, 0.6) is 0 Å². The smallest absolute Gasteiger partial charge is 0.0227 e. The Bertz CT molecular complexity index is 83.6. The summed E-state index contributed by atoms with van der Waals surface area (Å²) in [5.41, 5.74) is 0. The first-order chi connectivity index (χ1) is 5.22. The lowest BCUT2D eigenvalue weighted by molar-refractivity contribution is 0.678. The molecule has 0 nitrogen and oxygen atoms in total. The molecule has 0 rings (SSSR count). The predicted octanol–water partition coefficient (Wildman–Crippen LogP) is 4.21. The summed E-state index contributed by atoms with van der Waals surface area (Å²) in [6.45, 7) is 7.71. The topological polar surface area (TPSA) is 0 Å². The zero-order chi connectivity index (χ0) is 8.69. The van der Waals surface area contributed by atoms with Gasteiger partial charge in [-0.3, -0.25) is 0 Å². The molecule has 66 valence electrons. The van der Waals surface area contributed by atoms with Crippen molar-refractivity contribution in [3.8, 4) is 0 Å². The molecule has 0 aliphatic carbocycles. The molecular weight excluding hydrogens is 362 g/mol. The van der Waals surface area contributed by atoms with Gasteiger partial charge in [0.15, 0.2) is 0 Å². The van der Waals surface area contributed by atoms with Crippen molar-refractivity contribution in [1.82, 2.24) is 0 Å². The average Bonchev–Trinajstić information content (AvgIpc) is 2.00. The quantitative estimate of drug-likeness (QED) is 0.480. The lowest BCUT2D eigenvalue weighted by Gasteiger charge is -2.15. The van der Waals surface area contributed by atoms with Crippen molar-refractivity contribution in [2.24, 2.45) is 0 Å². The normalized spacial score (nSPS) is 16.4. The van der Waals surface area contributed by atoms with E-state index in [1.165, 1.54) is 19.3 Å². The van der Waals surface area contributed by atoms with Crippen molar-refractivity contribution in [2.45, 2.75) is 40.0 Å². The highest BCUT2D eigenvalue weighted by molar-refractivity contribution is 14.1. The molecule has 2 atom stereocenters. The van der Waals surface area contributed by atoms with Crippen LogP contribution in [0.3, 0.4) is 0 Å². The Labute approximate surface area is 98.2 Å². The molecule has 0 fully saturated rings. The standard InChI is InChI=1S/C9H16I2/c1-3-5-7-9(11)8(10)6-4-2/h8-9H,1-7H2. The monoisotopic (exact) mass is 378 g/mol. The van der Waals surface area contributed by atoms with Gasteiger partial charge in [-0.15, -0.1) is 0 Å². The molecule has 0 aliphatic rings. The minimum atomic E-state index is 0.803. The van der Waals surface area contributed by atoms with E-state index in [1.54, 1.807) is 0 Å². The zero-order valence-corrected chi connectivity index (χ0v) is 11.2. The number of hydrogen-bond donors (Lipinski definition) is 0. The molecule has 0 aromatic carbocycles. The molecule has 0 saturated heterocycles. The largest absolute Gasteiger partial charge is 0.0815 e. The number of halogens is 2. The summed E-state index contributed by atoms with van der Waals surface area (Å²) in [6, 6.07) is 0. The first kappa shape index (κ1) is 12.5. The van der Waals surface area contributed by atoms with Crippen molar-refractivity contribution in [3.63, 3.8) is 0 Å². The summed E-state index contributed by atoms with van der Waals surface area (Å²) >= 11 is 5.09. The van der Waals surface area contributed by atoms with E-state index in [4.69, 9.17) is 0 Å². The van der Waals surface area contributed by atoms with Crippen LogP contribution in [-0.4, -0.2) is 7.85 Å². The minimum Gasteiger partial charge on any atom is -0.0815 e. The third kappa shape index (κ3) is 6.61. The third-order valence-electron chi connectivity index (χ3n) is 1.60. The van der Waals surface area contributed by atoms with Crippen LogP contribution in [0.4, 0.5) is 0 Å². The van der Waals surface area contributed by atoms with Crippen LogP contribution < -0.4 is 0 Å². The first-order valence-electron chi connectivity index (χ1n) is 4.09. The number of hydrogen-bond acceptors (Lipinski definition) is 0. The van der Waals surface area contributed by atoms with Gasteiger partial charge in [0.25, 0.3) is 0 Å². The Morgan fingerprint density at radius 1 is 0.909 bits per heavy atom. The second-order valence-corrected chi connectivity index (χ2v) is 5.87. The highest BCUT2D eigenvalue weighted by Crippen LogP contribution is 2.24. The SMILES string of the molecule is [CH2]CCCC(I)C(I)CC[CH2]. The van der Waals surface area contributed by atoms with Gasteiger partial charge in [0.1, 0.15) is 0 Å². The van der Waals surface area contributed by atoms with Crippen LogP contribution in [0.1, 0.15) is 32.1 Å². The summed E-state index contributed by atoms with van der Waals surface area (Å²) in [6.07, 6.45) is 5.98. The van der Waals surface area contributed by atoms with Crippen LogP contribution in [0.25, 0.3) is 0 Å². The molecular formula is C9H16I2. The van der Waals surface area contributed by atoms with E-state index >= 15 is 0 Å². The highest BCUT2D eigenvalue weighted by atomic mass is 127. The molecule has 0 bridgehead atoms. The number of alkyl halides is 2. The van der Waals surface area contributed by atoms with Crippen LogP contribution in [-0.2, 0) is 0 Å². The third-order valence-corrected chi connectivity index (χ3v) is 5.96.